The topological polar surface area (TPSA) is 73.0 Å². The van der Waals surface area contributed by atoms with Crippen molar-refractivity contribution in [1.82, 2.24) is 24.2 Å². The summed E-state index contributed by atoms with van der Waals surface area (Å²) in [4.78, 5) is 32.0. The third-order valence-electron chi connectivity index (χ3n) is 5.42. The van der Waals surface area contributed by atoms with Gasteiger partial charge < -0.3 is 4.90 Å². The average molecular weight is 400 g/mol. The van der Waals surface area contributed by atoms with Gasteiger partial charge in [0, 0.05) is 12.1 Å². The van der Waals surface area contributed by atoms with E-state index in [1.165, 1.54) is 17.1 Å². The maximum atomic E-state index is 12.9. The molecule has 0 saturated carbocycles. The van der Waals surface area contributed by atoms with Crippen LogP contribution in [0.15, 0.2) is 41.6 Å². The number of hydrogen-bond acceptors (Lipinski definition) is 4. The molecule has 1 fully saturated rings. The number of aromatic nitrogens is 4. The van der Waals surface area contributed by atoms with Crippen molar-refractivity contribution in [2.75, 3.05) is 0 Å². The van der Waals surface area contributed by atoms with E-state index in [0.29, 0.717) is 21.7 Å². The molecule has 2 atom stereocenters. The Hall–Kier alpha value is -2.67. The summed E-state index contributed by atoms with van der Waals surface area (Å²) >= 11 is 6.25. The van der Waals surface area contributed by atoms with Crippen LogP contribution in [0.25, 0.3) is 16.7 Å². The van der Waals surface area contributed by atoms with Crippen LogP contribution in [0.4, 0.5) is 0 Å². The Morgan fingerprint density at radius 1 is 1.21 bits per heavy atom. The van der Waals surface area contributed by atoms with Crippen LogP contribution in [0, 0.1) is 0 Å². The number of amides is 1. The van der Waals surface area contributed by atoms with E-state index in [2.05, 4.69) is 23.9 Å². The van der Waals surface area contributed by atoms with Crippen LogP contribution < -0.4 is 5.56 Å². The maximum absolute atomic E-state index is 12.9. The summed E-state index contributed by atoms with van der Waals surface area (Å²) in [5.74, 6) is -0.0542. The third-order valence-corrected chi connectivity index (χ3v) is 5.74. The van der Waals surface area contributed by atoms with Gasteiger partial charge in [0.25, 0.3) is 5.56 Å². The Morgan fingerprint density at radius 3 is 2.64 bits per heavy atom. The average Bonchev–Trinajstić information content (AvgIpc) is 3.09. The minimum Gasteiger partial charge on any atom is -0.336 e. The zero-order valence-corrected chi connectivity index (χ0v) is 16.6. The number of carbonyl (C=O) groups excluding carboxylic acids is 1. The molecule has 8 heteroatoms. The van der Waals surface area contributed by atoms with Crippen molar-refractivity contribution >= 4 is 28.5 Å². The Labute approximate surface area is 167 Å². The number of halogens is 1. The van der Waals surface area contributed by atoms with Gasteiger partial charge in [-0.05, 0) is 45.2 Å². The number of rotatable bonds is 3. The van der Waals surface area contributed by atoms with Gasteiger partial charge in [0.1, 0.15) is 18.3 Å². The van der Waals surface area contributed by atoms with Gasteiger partial charge in [0.05, 0.1) is 16.9 Å². The number of likely N-dealkylation sites (tertiary alicyclic amines) is 1. The molecule has 1 aromatic carbocycles. The largest absolute Gasteiger partial charge is 0.336 e. The van der Waals surface area contributed by atoms with Gasteiger partial charge in [-0.25, -0.2) is 9.67 Å². The number of fused-ring (bicyclic) bond motifs is 1. The van der Waals surface area contributed by atoms with Crippen molar-refractivity contribution in [1.29, 1.82) is 0 Å². The summed E-state index contributed by atoms with van der Waals surface area (Å²) in [5, 5.41) is 5.15. The second kappa shape index (κ2) is 7.39. The number of piperidine rings is 1. The van der Waals surface area contributed by atoms with E-state index in [-0.39, 0.29) is 30.1 Å². The fourth-order valence-electron chi connectivity index (χ4n) is 4.00. The van der Waals surface area contributed by atoms with Gasteiger partial charge in [-0.1, -0.05) is 23.7 Å². The fraction of sp³-hybridized carbons (Fsp3) is 0.400. The van der Waals surface area contributed by atoms with E-state index in [1.54, 1.807) is 10.7 Å². The molecule has 1 saturated heterocycles. The summed E-state index contributed by atoms with van der Waals surface area (Å²) < 4.78 is 2.90. The minimum atomic E-state index is -0.283. The predicted molar refractivity (Wildman–Crippen MR) is 108 cm³/mol. The number of benzene rings is 1. The highest BCUT2D eigenvalue weighted by atomic mass is 35.5. The van der Waals surface area contributed by atoms with E-state index in [9.17, 15) is 9.59 Å². The summed E-state index contributed by atoms with van der Waals surface area (Å²) in [5.41, 5.74) is 0.784. The Bertz CT molecular complexity index is 1080. The molecule has 0 N–H and O–H groups in total. The second-order valence-corrected chi connectivity index (χ2v) is 7.76. The minimum absolute atomic E-state index is 0.0201. The zero-order chi connectivity index (χ0) is 19.8. The Morgan fingerprint density at radius 2 is 1.93 bits per heavy atom. The van der Waals surface area contributed by atoms with Crippen molar-refractivity contribution in [2.45, 2.75) is 51.7 Å². The van der Waals surface area contributed by atoms with Gasteiger partial charge >= 0.3 is 0 Å². The van der Waals surface area contributed by atoms with Gasteiger partial charge in [0.2, 0.25) is 5.91 Å². The molecule has 4 rings (SSSR count). The van der Waals surface area contributed by atoms with Crippen molar-refractivity contribution in [3.05, 3.63) is 52.2 Å². The molecule has 3 aromatic rings. The highest BCUT2D eigenvalue weighted by Gasteiger charge is 2.29. The molecule has 3 heterocycles. The first-order chi connectivity index (χ1) is 13.5. The number of carbonyl (C=O) groups is 1. The van der Waals surface area contributed by atoms with Gasteiger partial charge in [-0.2, -0.15) is 5.10 Å². The molecule has 0 unspecified atom stereocenters. The summed E-state index contributed by atoms with van der Waals surface area (Å²) in [6, 6.07) is 7.61. The molecule has 0 aliphatic carbocycles. The lowest BCUT2D eigenvalue weighted by Gasteiger charge is -2.39. The molecular formula is C20H22ClN5O2. The van der Waals surface area contributed by atoms with Gasteiger partial charge in [-0.15, -0.1) is 0 Å². The zero-order valence-electron chi connectivity index (χ0n) is 15.9. The molecule has 146 valence electrons. The van der Waals surface area contributed by atoms with Gasteiger partial charge in [0.15, 0.2) is 5.65 Å². The van der Waals surface area contributed by atoms with Crippen LogP contribution in [0.2, 0.25) is 5.02 Å². The Balaban J connectivity index is 1.67. The first-order valence-corrected chi connectivity index (χ1v) is 9.84. The smallest absolute Gasteiger partial charge is 0.264 e. The monoisotopic (exact) mass is 399 g/mol. The van der Waals surface area contributed by atoms with E-state index in [0.717, 1.165) is 19.3 Å². The molecule has 0 spiro atoms. The first kappa shape index (κ1) is 18.7. The van der Waals surface area contributed by atoms with Crippen molar-refractivity contribution in [3.63, 3.8) is 0 Å². The standard InChI is InChI=1S/C20H22ClN5O2/c1-13-6-5-7-14(2)25(13)18(27)11-24-12-22-19-15(20(24)28)10-23-26(19)17-9-4-3-8-16(17)21/h3-4,8-10,12-14H,5-7,11H2,1-2H3/t13-,14-/m1/s1. The lowest BCUT2D eigenvalue weighted by molar-refractivity contribution is -0.138. The van der Waals surface area contributed by atoms with Crippen LogP contribution in [0.3, 0.4) is 0 Å². The molecule has 2 aromatic heterocycles. The highest BCUT2D eigenvalue weighted by molar-refractivity contribution is 6.32. The Kier molecular flexibility index (Phi) is 4.93. The molecule has 1 aliphatic rings. The van der Waals surface area contributed by atoms with E-state index >= 15 is 0 Å². The second-order valence-electron chi connectivity index (χ2n) is 7.35. The summed E-state index contributed by atoms with van der Waals surface area (Å²) in [6.45, 7) is 4.10. The maximum Gasteiger partial charge on any atom is 0.264 e. The SMILES string of the molecule is C[C@@H]1CCC[C@@H](C)N1C(=O)Cn1cnc2c(cnn2-c2ccccc2Cl)c1=O. The van der Waals surface area contributed by atoms with Gasteiger partial charge in [-0.3, -0.25) is 14.2 Å². The van der Waals surface area contributed by atoms with E-state index in [4.69, 9.17) is 11.6 Å². The molecule has 28 heavy (non-hydrogen) atoms. The normalized spacial score (nSPS) is 19.9. The third kappa shape index (κ3) is 3.20. The summed E-state index contributed by atoms with van der Waals surface area (Å²) in [6.07, 6.45) is 6.00. The van der Waals surface area contributed by atoms with E-state index in [1.807, 2.05) is 23.1 Å². The van der Waals surface area contributed by atoms with Crippen LogP contribution in [0.1, 0.15) is 33.1 Å². The lowest BCUT2D eigenvalue weighted by atomic mass is 9.97. The van der Waals surface area contributed by atoms with Crippen LogP contribution in [-0.4, -0.2) is 42.2 Å². The predicted octanol–water partition coefficient (Wildman–Crippen LogP) is 3.03. The first-order valence-electron chi connectivity index (χ1n) is 9.46. The molecule has 0 radical (unpaired) electrons. The van der Waals surface area contributed by atoms with Crippen LogP contribution in [0.5, 0.6) is 0 Å². The molecular weight excluding hydrogens is 378 g/mol. The number of para-hydroxylation sites is 1. The number of nitrogens with zero attached hydrogens (tertiary/aromatic N) is 5. The molecule has 1 aliphatic heterocycles. The molecule has 7 nitrogen and oxygen atoms in total. The lowest BCUT2D eigenvalue weighted by Crippen LogP contribution is -2.49. The quantitative estimate of drug-likeness (QED) is 0.678. The van der Waals surface area contributed by atoms with Crippen LogP contribution in [-0.2, 0) is 11.3 Å². The highest BCUT2D eigenvalue weighted by Crippen LogP contribution is 2.23. The van der Waals surface area contributed by atoms with Crippen molar-refractivity contribution in [2.24, 2.45) is 0 Å². The molecule has 0 bridgehead atoms. The van der Waals surface area contributed by atoms with E-state index < -0.39 is 0 Å². The molecule has 1 amide bonds. The van der Waals surface area contributed by atoms with Crippen molar-refractivity contribution < 1.29 is 4.79 Å². The van der Waals surface area contributed by atoms with Crippen molar-refractivity contribution in [3.8, 4) is 5.69 Å². The number of hydrogen-bond donors (Lipinski definition) is 0. The fourth-order valence-corrected chi connectivity index (χ4v) is 4.22. The van der Waals surface area contributed by atoms with Crippen LogP contribution >= 0.6 is 11.6 Å². The summed E-state index contributed by atoms with van der Waals surface area (Å²) in [7, 11) is 0.